The number of fused-ring (bicyclic) bond motifs is 1. The quantitative estimate of drug-likeness (QED) is 0.842. The number of carbonyl (C=O) groups excluding carboxylic acids is 1. The Labute approximate surface area is 127 Å². The molecular weight excluding hydrogens is 264 g/mol. The molecule has 2 unspecified atom stereocenters. The number of para-hydroxylation sites is 1. The zero-order valence-corrected chi connectivity index (χ0v) is 13.2. The highest BCUT2D eigenvalue weighted by Gasteiger charge is 2.23. The van der Waals surface area contributed by atoms with Gasteiger partial charge in [-0.25, -0.2) is 0 Å². The fraction of sp³-hybridized carbons (Fsp3) is 0.588. The summed E-state index contributed by atoms with van der Waals surface area (Å²) in [6, 6.07) is 8.69. The third kappa shape index (κ3) is 3.97. The number of benzene rings is 1. The fourth-order valence-electron chi connectivity index (χ4n) is 2.69. The molecule has 0 aromatic heterocycles. The Morgan fingerprint density at radius 2 is 2.05 bits per heavy atom. The van der Waals surface area contributed by atoms with Crippen LogP contribution < -0.4 is 10.2 Å². The minimum atomic E-state index is -0.562. The van der Waals surface area contributed by atoms with Crippen LogP contribution in [0, 0.1) is 5.92 Å². The van der Waals surface area contributed by atoms with E-state index >= 15 is 0 Å². The Hall–Kier alpha value is -1.55. The van der Waals surface area contributed by atoms with Crippen molar-refractivity contribution in [2.75, 3.05) is 18.0 Å². The number of nitrogens with zero attached hydrogens (tertiary/aromatic N) is 1. The first-order chi connectivity index (χ1) is 9.99. The maximum Gasteiger partial charge on any atom is 0.222 e. The number of hydrogen-bond donors (Lipinski definition) is 2. The molecule has 0 bridgehead atoms. The molecule has 1 aliphatic heterocycles. The molecule has 0 saturated heterocycles. The maximum atomic E-state index is 11.8. The van der Waals surface area contributed by atoms with Crippen molar-refractivity contribution >= 4 is 11.6 Å². The molecule has 4 nitrogen and oxygen atoms in total. The van der Waals surface area contributed by atoms with Gasteiger partial charge < -0.3 is 15.3 Å². The molecule has 1 aromatic rings. The number of amides is 1. The first-order valence-corrected chi connectivity index (χ1v) is 7.78. The van der Waals surface area contributed by atoms with E-state index in [1.54, 1.807) is 0 Å². The largest absolute Gasteiger partial charge is 0.392 e. The zero-order chi connectivity index (χ0) is 15.4. The lowest BCUT2D eigenvalue weighted by molar-refractivity contribution is -0.123. The number of hydrogen-bond acceptors (Lipinski definition) is 3. The van der Waals surface area contributed by atoms with Gasteiger partial charge in [0.2, 0.25) is 5.91 Å². The second-order valence-corrected chi connectivity index (χ2v) is 6.24. The molecule has 2 atom stereocenters. The van der Waals surface area contributed by atoms with Crippen molar-refractivity contribution in [1.82, 2.24) is 5.32 Å². The van der Waals surface area contributed by atoms with Crippen molar-refractivity contribution in [3.05, 3.63) is 29.8 Å². The molecule has 0 saturated carbocycles. The summed E-state index contributed by atoms with van der Waals surface area (Å²) < 4.78 is 0. The zero-order valence-electron chi connectivity index (χ0n) is 13.2. The molecule has 0 aliphatic carbocycles. The highest BCUT2D eigenvalue weighted by molar-refractivity contribution is 5.76. The van der Waals surface area contributed by atoms with Gasteiger partial charge in [-0.1, -0.05) is 32.0 Å². The molecule has 0 spiro atoms. The van der Waals surface area contributed by atoms with Crippen molar-refractivity contribution in [3.8, 4) is 0 Å². The molecule has 1 amide bonds. The lowest BCUT2D eigenvalue weighted by Gasteiger charge is -2.27. The van der Waals surface area contributed by atoms with Crippen molar-refractivity contribution < 1.29 is 9.90 Å². The molecule has 2 rings (SSSR count). The fourth-order valence-corrected chi connectivity index (χ4v) is 2.69. The molecule has 1 aromatic carbocycles. The highest BCUT2D eigenvalue weighted by atomic mass is 16.3. The van der Waals surface area contributed by atoms with Crippen LogP contribution >= 0.6 is 0 Å². The summed E-state index contributed by atoms with van der Waals surface area (Å²) in [5.74, 6) is 0.0363. The van der Waals surface area contributed by atoms with Gasteiger partial charge in [-0.15, -0.1) is 0 Å². The summed E-state index contributed by atoms with van der Waals surface area (Å²) in [7, 11) is 0. The number of nitrogens with one attached hydrogen (secondary N) is 1. The van der Waals surface area contributed by atoms with Crippen molar-refractivity contribution in [1.29, 1.82) is 0 Å². The van der Waals surface area contributed by atoms with Gasteiger partial charge in [-0.2, -0.15) is 0 Å². The summed E-state index contributed by atoms with van der Waals surface area (Å²) in [4.78, 5) is 14.2. The molecule has 116 valence electrons. The molecule has 1 aliphatic rings. The summed E-state index contributed by atoms with van der Waals surface area (Å²) >= 11 is 0. The van der Waals surface area contributed by atoms with Crippen molar-refractivity contribution in [2.24, 2.45) is 5.92 Å². The lowest BCUT2D eigenvalue weighted by atomic mass is 10.0. The van der Waals surface area contributed by atoms with Crippen LogP contribution in [0.5, 0.6) is 0 Å². The van der Waals surface area contributed by atoms with Gasteiger partial charge in [0.15, 0.2) is 0 Å². The van der Waals surface area contributed by atoms with E-state index in [9.17, 15) is 9.90 Å². The molecule has 0 fully saturated rings. The van der Waals surface area contributed by atoms with Crippen LogP contribution in [0.4, 0.5) is 5.69 Å². The number of carbonyl (C=O) groups is 1. The number of aliphatic hydroxyl groups excluding tert-OH is 1. The van der Waals surface area contributed by atoms with Crippen molar-refractivity contribution in [2.45, 2.75) is 45.8 Å². The van der Waals surface area contributed by atoms with E-state index in [1.807, 2.05) is 13.8 Å². The van der Waals surface area contributed by atoms with E-state index in [4.69, 9.17) is 0 Å². The van der Waals surface area contributed by atoms with E-state index < -0.39 is 6.10 Å². The Balaban J connectivity index is 1.83. The molecular formula is C17H26N2O2. The average Bonchev–Trinajstić information content (AvgIpc) is 2.88. The van der Waals surface area contributed by atoms with Crippen LogP contribution in [0.1, 0.15) is 32.8 Å². The van der Waals surface area contributed by atoms with E-state index in [2.05, 4.69) is 41.4 Å². The Morgan fingerprint density at radius 1 is 1.33 bits per heavy atom. The average molecular weight is 290 g/mol. The minimum Gasteiger partial charge on any atom is -0.392 e. The molecule has 4 heteroatoms. The van der Waals surface area contributed by atoms with Crippen LogP contribution in [-0.2, 0) is 11.2 Å². The molecule has 1 heterocycles. The van der Waals surface area contributed by atoms with E-state index in [0.29, 0.717) is 6.54 Å². The first-order valence-electron chi connectivity index (χ1n) is 7.78. The molecule has 21 heavy (non-hydrogen) atoms. The smallest absolute Gasteiger partial charge is 0.222 e. The van der Waals surface area contributed by atoms with E-state index in [0.717, 1.165) is 13.0 Å². The number of aliphatic hydroxyl groups is 1. The molecule has 2 N–H and O–H groups in total. The van der Waals surface area contributed by atoms with E-state index in [1.165, 1.54) is 11.3 Å². The van der Waals surface area contributed by atoms with Crippen LogP contribution in [0.15, 0.2) is 24.3 Å². The Kier molecular flexibility index (Phi) is 5.23. The first kappa shape index (κ1) is 15.8. The lowest BCUT2D eigenvalue weighted by Crippen LogP contribution is -2.42. The van der Waals surface area contributed by atoms with E-state index in [-0.39, 0.29) is 24.3 Å². The minimum absolute atomic E-state index is 0.0736. The topological polar surface area (TPSA) is 52.6 Å². The van der Waals surface area contributed by atoms with Gasteiger partial charge in [-0.05, 0) is 30.9 Å². The van der Waals surface area contributed by atoms with Crippen LogP contribution in [0.3, 0.4) is 0 Å². The van der Waals surface area contributed by atoms with Gasteiger partial charge in [0, 0.05) is 24.8 Å². The summed E-state index contributed by atoms with van der Waals surface area (Å²) in [6.07, 6.45) is 0.689. The van der Waals surface area contributed by atoms with Gasteiger partial charge in [0.1, 0.15) is 0 Å². The SMILES string of the molecule is CC(C)C(O)CC(=O)NCC(C)N1CCc2ccccc21. The molecule has 0 radical (unpaired) electrons. The standard InChI is InChI=1S/C17H26N2O2/c1-12(2)16(20)10-17(21)18-11-13(3)19-9-8-14-6-4-5-7-15(14)19/h4-7,12-13,16,20H,8-11H2,1-3H3,(H,18,21). The number of rotatable bonds is 6. The predicted octanol–water partition coefficient (Wildman–Crippen LogP) is 1.96. The van der Waals surface area contributed by atoms with Crippen LogP contribution in [0.25, 0.3) is 0 Å². The summed E-state index contributed by atoms with van der Waals surface area (Å²) in [5.41, 5.74) is 2.66. The van der Waals surface area contributed by atoms with Crippen LogP contribution in [0.2, 0.25) is 0 Å². The summed E-state index contributed by atoms with van der Waals surface area (Å²) in [5, 5.41) is 12.7. The van der Waals surface area contributed by atoms with Gasteiger partial charge >= 0.3 is 0 Å². The number of anilines is 1. The maximum absolute atomic E-state index is 11.8. The van der Waals surface area contributed by atoms with Crippen LogP contribution in [-0.4, -0.2) is 36.2 Å². The van der Waals surface area contributed by atoms with Gasteiger partial charge in [0.25, 0.3) is 0 Å². The van der Waals surface area contributed by atoms with Crippen molar-refractivity contribution in [3.63, 3.8) is 0 Å². The Morgan fingerprint density at radius 3 is 2.76 bits per heavy atom. The van der Waals surface area contributed by atoms with Gasteiger partial charge in [-0.3, -0.25) is 4.79 Å². The third-order valence-corrected chi connectivity index (χ3v) is 4.21. The van der Waals surface area contributed by atoms with Gasteiger partial charge in [0.05, 0.1) is 12.5 Å². The second kappa shape index (κ2) is 6.94. The third-order valence-electron chi connectivity index (χ3n) is 4.21. The highest BCUT2D eigenvalue weighted by Crippen LogP contribution is 2.28. The Bertz CT molecular complexity index is 487. The summed E-state index contributed by atoms with van der Waals surface area (Å²) in [6.45, 7) is 7.58. The normalized spacial score (nSPS) is 16.7. The predicted molar refractivity (Wildman–Crippen MR) is 85.4 cm³/mol. The second-order valence-electron chi connectivity index (χ2n) is 6.24. The monoisotopic (exact) mass is 290 g/mol.